The molecule has 3 heterocycles. The standard InChI is InChI=1S/C29H33N5O7/c1-17-16-33(11-12-34(17)27(38)18-9-7-6-8-10-18)28(39)25(36)19-13-30-23-22(19)20(40-5)14-31-24(23)26(37)32-15-21(35)41-29(2,3)4/h6-10,13-14,17,30H,11-12,15-16H2,1-5H3,(H,32,37)/t17-/m1/s1. The molecule has 1 fully saturated rings. The van der Waals surface area contributed by atoms with Gasteiger partial charge in [-0.15, -0.1) is 0 Å². The van der Waals surface area contributed by atoms with E-state index in [0.717, 1.165) is 0 Å². The number of Topliss-reactive ketones (excluding diaryl/α,β-unsaturated/α-hetero) is 1. The number of carbonyl (C=O) groups excluding carboxylic acids is 5. The fourth-order valence-electron chi connectivity index (χ4n) is 4.69. The molecule has 0 saturated carbocycles. The zero-order chi connectivity index (χ0) is 29.9. The van der Waals surface area contributed by atoms with E-state index < -0.39 is 29.2 Å². The number of pyridine rings is 1. The van der Waals surface area contributed by atoms with Gasteiger partial charge in [0.15, 0.2) is 5.69 Å². The van der Waals surface area contributed by atoms with Crippen LogP contribution in [0.4, 0.5) is 0 Å². The van der Waals surface area contributed by atoms with Crippen LogP contribution in [-0.4, -0.2) is 94.2 Å². The molecule has 2 aromatic heterocycles. The first-order valence-corrected chi connectivity index (χ1v) is 13.1. The van der Waals surface area contributed by atoms with Crippen molar-refractivity contribution >= 4 is 40.4 Å². The molecule has 0 radical (unpaired) electrons. The van der Waals surface area contributed by atoms with Crippen LogP contribution in [0.5, 0.6) is 5.75 Å². The Balaban J connectivity index is 1.51. The number of nitrogens with zero attached hydrogens (tertiary/aromatic N) is 3. The number of rotatable bonds is 7. The Labute approximate surface area is 237 Å². The number of H-pyrrole nitrogens is 1. The highest BCUT2D eigenvalue weighted by Gasteiger charge is 2.34. The zero-order valence-electron chi connectivity index (χ0n) is 23.6. The molecule has 0 spiro atoms. The van der Waals surface area contributed by atoms with E-state index in [1.165, 1.54) is 24.4 Å². The van der Waals surface area contributed by atoms with Gasteiger partial charge >= 0.3 is 5.97 Å². The second kappa shape index (κ2) is 11.8. The molecule has 0 unspecified atom stereocenters. The van der Waals surface area contributed by atoms with Crippen LogP contribution in [0, 0.1) is 0 Å². The van der Waals surface area contributed by atoms with Crippen molar-refractivity contribution in [1.29, 1.82) is 0 Å². The van der Waals surface area contributed by atoms with Crippen LogP contribution < -0.4 is 10.1 Å². The monoisotopic (exact) mass is 563 g/mol. The van der Waals surface area contributed by atoms with Gasteiger partial charge in [0, 0.05) is 37.4 Å². The van der Waals surface area contributed by atoms with Gasteiger partial charge in [0.25, 0.3) is 23.5 Å². The number of aromatic nitrogens is 2. The minimum atomic E-state index is -0.795. The van der Waals surface area contributed by atoms with E-state index in [0.29, 0.717) is 5.56 Å². The van der Waals surface area contributed by atoms with Gasteiger partial charge in [0.2, 0.25) is 0 Å². The Kier molecular flexibility index (Phi) is 8.41. The van der Waals surface area contributed by atoms with Crippen LogP contribution in [-0.2, 0) is 14.3 Å². The molecule has 1 aliphatic heterocycles. The molecule has 2 N–H and O–H groups in total. The van der Waals surface area contributed by atoms with Crippen molar-refractivity contribution < 1.29 is 33.4 Å². The molecule has 1 aromatic carbocycles. The molecule has 0 aliphatic carbocycles. The first-order valence-electron chi connectivity index (χ1n) is 13.1. The summed E-state index contributed by atoms with van der Waals surface area (Å²) < 4.78 is 10.6. The number of methoxy groups -OCH3 is 1. The summed E-state index contributed by atoms with van der Waals surface area (Å²) >= 11 is 0. The minimum absolute atomic E-state index is 0.0147. The Morgan fingerprint density at radius 3 is 2.44 bits per heavy atom. The largest absolute Gasteiger partial charge is 0.494 e. The second-order valence-corrected chi connectivity index (χ2v) is 10.7. The number of hydrogen-bond acceptors (Lipinski definition) is 8. The van der Waals surface area contributed by atoms with Crippen LogP contribution in [0.25, 0.3) is 10.9 Å². The molecule has 216 valence electrons. The first kappa shape index (κ1) is 29.2. The lowest BCUT2D eigenvalue weighted by Gasteiger charge is -2.39. The van der Waals surface area contributed by atoms with E-state index in [1.54, 1.807) is 49.9 Å². The van der Waals surface area contributed by atoms with Crippen LogP contribution in [0.3, 0.4) is 0 Å². The molecule has 3 aromatic rings. The normalized spacial score (nSPS) is 15.4. The predicted molar refractivity (Wildman–Crippen MR) is 149 cm³/mol. The number of carbonyl (C=O) groups is 5. The molecule has 12 nitrogen and oxygen atoms in total. The van der Waals surface area contributed by atoms with E-state index in [4.69, 9.17) is 9.47 Å². The van der Waals surface area contributed by atoms with E-state index >= 15 is 0 Å². The van der Waals surface area contributed by atoms with E-state index in [1.807, 2.05) is 13.0 Å². The Bertz CT molecular complexity index is 1490. The molecule has 12 heteroatoms. The molecule has 1 saturated heterocycles. The minimum Gasteiger partial charge on any atom is -0.494 e. The average molecular weight is 564 g/mol. The molecule has 41 heavy (non-hydrogen) atoms. The Morgan fingerprint density at radius 2 is 1.80 bits per heavy atom. The molecule has 1 aliphatic rings. The number of benzene rings is 1. The molecule has 3 amide bonds. The highest BCUT2D eigenvalue weighted by molar-refractivity contribution is 6.45. The van der Waals surface area contributed by atoms with Crippen LogP contribution in [0.1, 0.15) is 58.9 Å². The highest BCUT2D eigenvalue weighted by atomic mass is 16.6. The van der Waals surface area contributed by atoms with Crippen molar-refractivity contribution in [1.82, 2.24) is 25.1 Å². The van der Waals surface area contributed by atoms with Gasteiger partial charge in [-0.2, -0.15) is 0 Å². The number of hydrogen-bond donors (Lipinski definition) is 2. The summed E-state index contributed by atoms with van der Waals surface area (Å²) in [7, 11) is 1.38. The van der Waals surface area contributed by atoms with Crippen molar-refractivity contribution in [2.24, 2.45) is 0 Å². The summed E-state index contributed by atoms with van der Waals surface area (Å²) in [5, 5.41) is 2.68. The van der Waals surface area contributed by atoms with E-state index in [2.05, 4.69) is 15.3 Å². The highest BCUT2D eigenvalue weighted by Crippen LogP contribution is 2.31. The fourth-order valence-corrected chi connectivity index (χ4v) is 4.69. The summed E-state index contributed by atoms with van der Waals surface area (Å²) in [6, 6.07) is 8.57. The van der Waals surface area contributed by atoms with Crippen LogP contribution >= 0.6 is 0 Å². The molecular weight excluding hydrogens is 530 g/mol. The third-order valence-electron chi connectivity index (χ3n) is 6.56. The lowest BCUT2D eigenvalue weighted by molar-refractivity contribution is -0.153. The van der Waals surface area contributed by atoms with Gasteiger partial charge in [0.1, 0.15) is 17.9 Å². The number of aromatic amines is 1. The van der Waals surface area contributed by atoms with E-state index in [-0.39, 0.29) is 66.0 Å². The summed E-state index contributed by atoms with van der Waals surface area (Å²) in [5.74, 6) is -2.78. The van der Waals surface area contributed by atoms with Gasteiger partial charge < -0.3 is 29.6 Å². The Hall–Kier alpha value is -4.74. The van der Waals surface area contributed by atoms with Gasteiger partial charge in [-0.3, -0.25) is 24.0 Å². The molecule has 1 atom stereocenters. The van der Waals surface area contributed by atoms with Crippen molar-refractivity contribution in [3.8, 4) is 5.75 Å². The molecule has 4 rings (SSSR count). The number of nitrogens with one attached hydrogen (secondary N) is 2. The molecular formula is C29H33N5O7. The maximum Gasteiger partial charge on any atom is 0.325 e. The lowest BCUT2D eigenvalue weighted by atomic mass is 10.1. The summed E-state index contributed by atoms with van der Waals surface area (Å²) in [6.07, 6.45) is 2.61. The van der Waals surface area contributed by atoms with Crippen LogP contribution in [0.2, 0.25) is 0 Å². The summed E-state index contributed by atoms with van der Waals surface area (Å²) in [6.45, 7) is 7.23. The zero-order valence-corrected chi connectivity index (χ0v) is 23.6. The number of ether oxygens (including phenoxy) is 2. The topological polar surface area (TPSA) is 151 Å². The predicted octanol–water partition coefficient (Wildman–Crippen LogP) is 2.20. The van der Waals surface area contributed by atoms with Crippen molar-refractivity contribution in [2.45, 2.75) is 39.3 Å². The third kappa shape index (κ3) is 6.37. The quantitative estimate of drug-likeness (QED) is 0.252. The number of esters is 1. The second-order valence-electron chi connectivity index (χ2n) is 10.7. The maximum atomic E-state index is 13.4. The Morgan fingerprint density at radius 1 is 1.10 bits per heavy atom. The number of fused-ring (bicyclic) bond motifs is 1. The number of amides is 3. The fraction of sp³-hybridized carbons (Fsp3) is 0.379. The molecule has 0 bridgehead atoms. The smallest absolute Gasteiger partial charge is 0.325 e. The lowest BCUT2D eigenvalue weighted by Crippen LogP contribution is -2.56. The van der Waals surface area contributed by atoms with Crippen molar-refractivity contribution in [2.75, 3.05) is 33.3 Å². The average Bonchev–Trinajstić information content (AvgIpc) is 3.39. The SMILES string of the molecule is COc1cnc(C(=O)NCC(=O)OC(C)(C)C)c2[nH]cc(C(=O)C(=O)N3CCN(C(=O)c4ccccc4)[C@H](C)C3)c12. The summed E-state index contributed by atoms with van der Waals surface area (Å²) in [5.41, 5.74) is -0.0517. The van der Waals surface area contributed by atoms with Gasteiger partial charge in [-0.25, -0.2) is 4.98 Å². The van der Waals surface area contributed by atoms with E-state index in [9.17, 15) is 24.0 Å². The summed E-state index contributed by atoms with van der Waals surface area (Å²) in [4.78, 5) is 74.7. The van der Waals surface area contributed by atoms with Crippen LogP contribution in [0.15, 0.2) is 42.7 Å². The number of ketones is 1. The van der Waals surface area contributed by atoms with Gasteiger partial charge in [-0.1, -0.05) is 18.2 Å². The number of piperazine rings is 1. The first-order chi connectivity index (χ1) is 19.4. The van der Waals surface area contributed by atoms with Crippen molar-refractivity contribution in [3.05, 3.63) is 59.5 Å². The third-order valence-corrected chi connectivity index (χ3v) is 6.56. The maximum absolute atomic E-state index is 13.4. The van der Waals surface area contributed by atoms with Crippen molar-refractivity contribution in [3.63, 3.8) is 0 Å². The van der Waals surface area contributed by atoms with Gasteiger partial charge in [-0.05, 0) is 39.8 Å². The van der Waals surface area contributed by atoms with Gasteiger partial charge in [0.05, 0.1) is 29.8 Å².